The number of hydrogen-bond acceptors (Lipinski definition) is 7. The number of anilines is 1. The lowest BCUT2D eigenvalue weighted by atomic mass is 10.0. The summed E-state index contributed by atoms with van der Waals surface area (Å²) in [6.45, 7) is 7.99. The summed E-state index contributed by atoms with van der Waals surface area (Å²) >= 11 is 1.69. The van der Waals surface area contributed by atoms with Crippen LogP contribution in [0.15, 0.2) is 18.2 Å². The quantitative estimate of drug-likeness (QED) is 0.882. The maximum absolute atomic E-state index is 5.73. The summed E-state index contributed by atoms with van der Waals surface area (Å²) in [5, 5.41) is 13.8. The molecule has 2 aliphatic rings. The lowest BCUT2D eigenvalue weighted by Gasteiger charge is -2.38. The summed E-state index contributed by atoms with van der Waals surface area (Å²) in [5.41, 5.74) is 2.69. The van der Waals surface area contributed by atoms with Gasteiger partial charge in [0.25, 0.3) is 0 Å². The molecule has 1 saturated heterocycles. The van der Waals surface area contributed by atoms with Gasteiger partial charge in [0.2, 0.25) is 5.13 Å². The van der Waals surface area contributed by atoms with Crippen LogP contribution in [-0.4, -0.2) is 54.9 Å². The van der Waals surface area contributed by atoms with Gasteiger partial charge in [0.05, 0.1) is 6.61 Å². The van der Waals surface area contributed by atoms with Crippen LogP contribution in [0, 0.1) is 0 Å². The average molecular weight is 359 g/mol. The molecule has 7 heteroatoms. The van der Waals surface area contributed by atoms with E-state index in [1.807, 2.05) is 7.05 Å². The molecule has 3 heterocycles. The van der Waals surface area contributed by atoms with E-state index in [1.165, 1.54) is 11.1 Å². The number of aromatic nitrogens is 2. The average Bonchev–Trinajstić information content (AvgIpc) is 3.30. The second-order valence-corrected chi connectivity index (χ2v) is 7.71. The van der Waals surface area contributed by atoms with Gasteiger partial charge in [-0.25, -0.2) is 0 Å². The Kier molecular flexibility index (Phi) is 4.87. The summed E-state index contributed by atoms with van der Waals surface area (Å²) in [5.74, 6) is 1.08. The molecule has 25 heavy (non-hydrogen) atoms. The highest BCUT2D eigenvalue weighted by Crippen LogP contribution is 2.31. The van der Waals surface area contributed by atoms with Gasteiger partial charge in [0.15, 0.2) is 0 Å². The molecule has 0 bridgehead atoms. The van der Waals surface area contributed by atoms with Gasteiger partial charge >= 0.3 is 0 Å². The second kappa shape index (κ2) is 7.27. The highest BCUT2D eigenvalue weighted by atomic mass is 32.1. The summed E-state index contributed by atoms with van der Waals surface area (Å²) in [7, 11) is 1.94. The van der Waals surface area contributed by atoms with E-state index in [2.05, 4.69) is 50.4 Å². The lowest BCUT2D eigenvalue weighted by molar-refractivity contribution is 0.198. The standard InChI is InChI=1S/C18H25N5OS/c1-13(15-4-3-14-5-10-24-16(14)11-15)22-6-8-23(9-7-22)18-21-20-17(25-18)12-19-2/h3-4,11,13,19H,5-10,12H2,1-2H3. The zero-order valence-electron chi connectivity index (χ0n) is 14.9. The number of piperazine rings is 1. The third kappa shape index (κ3) is 3.49. The number of rotatable bonds is 5. The Morgan fingerprint density at radius 2 is 2.08 bits per heavy atom. The molecule has 6 nitrogen and oxygen atoms in total. The fourth-order valence-electron chi connectivity index (χ4n) is 3.55. The molecule has 134 valence electrons. The number of nitrogens with zero attached hydrogens (tertiary/aromatic N) is 4. The maximum atomic E-state index is 5.73. The van der Waals surface area contributed by atoms with Crippen molar-refractivity contribution < 1.29 is 4.74 Å². The first kappa shape index (κ1) is 16.8. The van der Waals surface area contributed by atoms with E-state index >= 15 is 0 Å². The van der Waals surface area contributed by atoms with E-state index in [4.69, 9.17) is 4.74 Å². The number of fused-ring (bicyclic) bond motifs is 1. The molecule has 1 aromatic carbocycles. The zero-order valence-corrected chi connectivity index (χ0v) is 15.7. The van der Waals surface area contributed by atoms with Crippen LogP contribution in [0.25, 0.3) is 0 Å². The van der Waals surface area contributed by atoms with Crippen molar-refractivity contribution in [2.75, 3.05) is 44.7 Å². The third-order valence-corrected chi connectivity index (χ3v) is 6.10. The highest BCUT2D eigenvalue weighted by molar-refractivity contribution is 7.15. The van der Waals surface area contributed by atoms with Gasteiger partial charge in [-0.2, -0.15) is 0 Å². The monoisotopic (exact) mass is 359 g/mol. The highest BCUT2D eigenvalue weighted by Gasteiger charge is 2.25. The minimum absolute atomic E-state index is 0.408. The first-order valence-electron chi connectivity index (χ1n) is 8.96. The topological polar surface area (TPSA) is 53.5 Å². The van der Waals surface area contributed by atoms with E-state index in [1.54, 1.807) is 11.3 Å². The van der Waals surface area contributed by atoms with Crippen molar-refractivity contribution in [2.45, 2.75) is 25.9 Å². The minimum Gasteiger partial charge on any atom is -0.493 e. The Morgan fingerprint density at radius 3 is 2.88 bits per heavy atom. The van der Waals surface area contributed by atoms with Gasteiger partial charge in [-0.1, -0.05) is 23.5 Å². The van der Waals surface area contributed by atoms with Crippen LogP contribution < -0.4 is 15.0 Å². The maximum Gasteiger partial charge on any atom is 0.208 e. The smallest absolute Gasteiger partial charge is 0.208 e. The fourth-order valence-corrected chi connectivity index (χ4v) is 4.45. The predicted octanol–water partition coefficient (Wildman–Crippen LogP) is 2.08. The van der Waals surface area contributed by atoms with E-state index in [0.29, 0.717) is 6.04 Å². The van der Waals surface area contributed by atoms with Gasteiger partial charge in [-0.15, -0.1) is 10.2 Å². The lowest BCUT2D eigenvalue weighted by Crippen LogP contribution is -2.47. The van der Waals surface area contributed by atoms with Crippen LogP contribution in [0.5, 0.6) is 5.75 Å². The molecule has 1 atom stereocenters. The van der Waals surface area contributed by atoms with Gasteiger partial charge in [0.1, 0.15) is 10.8 Å². The Hall–Kier alpha value is -1.70. The number of ether oxygens (including phenoxy) is 1. The predicted molar refractivity (Wildman–Crippen MR) is 101 cm³/mol. The molecule has 2 aliphatic heterocycles. The molecule has 2 aromatic rings. The van der Waals surface area contributed by atoms with Crippen molar-refractivity contribution in [3.63, 3.8) is 0 Å². The Bertz CT molecular complexity index is 726. The molecular formula is C18H25N5OS. The molecule has 0 spiro atoms. The summed E-state index contributed by atoms with van der Waals surface area (Å²) in [6, 6.07) is 7.13. The Labute approximate surface area is 152 Å². The first-order valence-corrected chi connectivity index (χ1v) is 9.78. The van der Waals surface area contributed by atoms with Crippen molar-refractivity contribution in [2.24, 2.45) is 0 Å². The normalized spacial score (nSPS) is 18.9. The molecule has 0 amide bonds. The van der Waals surface area contributed by atoms with Gasteiger partial charge < -0.3 is 15.0 Å². The van der Waals surface area contributed by atoms with E-state index in [-0.39, 0.29) is 0 Å². The van der Waals surface area contributed by atoms with Crippen molar-refractivity contribution in [3.8, 4) is 5.75 Å². The van der Waals surface area contributed by atoms with Gasteiger partial charge in [0, 0.05) is 45.2 Å². The SMILES string of the molecule is CNCc1nnc(N2CCN(C(C)c3ccc4c(c3)OCC4)CC2)s1. The van der Waals surface area contributed by atoms with Crippen molar-refractivity contribution >= 4 is 16.5 Å². The van der Waals surface area contributed by atoms with Crippen molar-refractivity contribution in [3.05, 3.63) is 34.3 Å². The fraction of sp³-hybridized carbons (Fsp3) is 0.556. The molecule has 1 unspecified atom stereocenters. The molecule has 0 aliphatic carbocycles. The summed E-state index contributed by atoms with van der Waals surface area (Å²) in [4.78, 5) is 4.90. The van der Waals surface area contributed by atoms with E-state index in [9.17, 15) is 0 Å². The number of hydrogen-bond donors (Lipinski definition) is 1. The molecule has 1 N–H and O–H groups in total. The molecular weight excluding hydrogens is 334 g/mol. The summed E-state index contributed by atoms with van der Waals surface area (Å²) in [6.07, 6.45) is 1.04. The van der Waals surface area contributed by atoms with Crippen LogP contribution in [0.3, 0.4) is 0 Å². The van der Waals surface area contributed by atoms with E-state index < -0.39 is 0 Å². The minimum atomic E-state index is 0.408. The number of nitrogens with one attached hydrogen (secondary N) is 1. The molecule has 1 aromatic heterocycles. The Balaban J connectivity index is 1.37. The molecule has 0 saturated carbocycles. The van der Waals surface area contributed by atoms with Crippen LogP contribution in [0.2, 0.25) is 0 Å². The Morgan fingerprint density at radius 1 is 1.24 bits per heavy atom. The molecule has 4 rings (SSSR count). The molecule has 0 radical (unpaired) electrons. The third-order valence-electron chi connectivity index (χ3n) is 5.12. The number of benzene rings is 1. The van der Waals surface area contributed by atoms with Crippen molar-refractivity contribution in [1.29, 1.82) is 0 Å². The first-order chi connectivity index (χ1) is 12.2. The molecule has 1 fully saturated rings. The van der Waals surface area contributed by atoms with Crippen LogP contribution in [0.4, 0.5) is 5.13 Å². The largest absolute Gasteiger partial charge is 0.493 e. The van der Waals surface area contributed by atoms with E-state index in [0.717, 1.165) is 61.6 Å². The van der Waals surface area contributed by atoms with Crippen LogP contribution >= 0.6 is 11.3 Å². The zero-order chi connectivity index (χ0) is 17.2. The van der Waals surface area contributed by atoms with Gasteiger partial charge in [-0.3, -0.25) is 4.90 Å². The van der Waals surface area contributed by atoms with Gasteiger partial charge in [-0.05, 0) is 31.2 Å². The van der Waals surface area contributed by atoms with Crippen LogP contribution in [-0.2, 0) is 13.0 Å². The van der Waals surface area contributed by atoms with Crippen LogP contribution in [0.1, 0.15) is 29.1 Å². The second-order valence-electron chi connectivity index (χ2n) is 6.67. The summed E-state index contributed by atoms with van der Waals surface area (Å²) < 4.78 is 5.73. The van der Waals surface area contributed by atoms with Crippen molar-refractivity contribution in [1.82, 2.24) is 20.4 Å².